The number of piperidine rings is 1. The second-order valence-electron chi connectivity index (χ2n) is 8.34. The van der Waals surface area contributed by atoms with Gasteiger partial charge in [-0.15, -0.1) is 0 Å². The van der Waals surface area contributed by atoms with Gasteiger partial charge < -0.3 is 14.8 Å². The second kappa shape index (κ2) is 9.83. The van der Waals surface area contributed by atoms with Crippen molar-refractivity contribution in [3.05, 3.63) is 35.4 Å². The minimum absolute atomic E-state index is 0.0554. The first-order chi connectivity index (χ1) is 14.6. The largest absolute Gasteiger partial charge is 0.481 e. The number of hydrogen-bond acceptors (Lipinski definition) is 6. The third-order valence-electron chi connectivity index (χ3n) is 6.18. The summed E-state index contributed by atoms with van der Waals surface area (Å²) in [5, 5.41) is 21.7. The lowest BCUT2D eigenvalue weighted by molar-refractivity contribution is -0.138. The van der Waals surface area contributed by atoms with Gasteiger partial charge in [0.05, 0.1) is 5.71 Å². The summed E-state index contributed by atoms with van der Waals surface area (Å²) in [6.07, 6.45) is 3.01. The lowest BCUT2D eigenvalue weighted by Gasteiger charge is -2.32. The van der Waals surface area contributed by atoms with Crippen molar-refractivity contribution in [2.24, 2.45) is 11.1 Å². The fourth-order valence-electron chi connectivity index (χ4n) is 4.39. The first-order valence-electron chi connectivity index (χ1n) is 10.8. The standard InChI is InChI=1S/C22H30N4O3S/c23-22(26-9-11-30-12-10-26)18-3-1-17(2-4-18)20-14-19(29-24-20)15-25-7-5-16(6-8-25)13-21(27)28/h1-4,16,19,23H,5-15H2,(H,27,28). The monoisotopic (exact) mass is 430 g/mol. The van der Waals surface area contributed by atoms with Gasteiger partial charge in [-0.1, -0.05) is 29.4 Å². The molecule has 0 bridgehead atoms. The molecular formula is C22H30N4O3S. The van der Waals surface area contributed by atoms with E-state index in [9.17, 15) is 4.79 Å². The number of oxime groups is 1. The van der Waals surface area contributed by atoms with E-state index in [-0.39, 0.29) is 12.5 Å². The van der Waals surface area contributed by atoms with Crippen LogP contribution in [-0.4, -0.2) is 82.8 Å². The Balaban J connectivity index is 1.25. The number of thioether (sulfide) groups is 1. The molecule has 2 N–H and O–H groups in total. The van der Waals surface area contributed by atoms with Gasteiger partial charge in [0.15, 0.2) is 0 Å². The van der Waals surface area contributed by atoms with Gasteiger partial charge >= 0.3 is 5.97 Å². The predicted molar refractivity (Wildman–Crippen MR) is 120 cm³/mol. The van der Waals surface area contributed by atoms with Gasteiger partial charge in [0.2, 0.25) is 0 Å². The zero-order valence-electron chi connectivity index (χ0n) is 17.3. The van der Waals surface area contributed by atoms with Crippen LogP contribution in [0.4, 0.5) is 0 Å². The van der Waals surface area contributed by atoms with Crippen LogP contribution in [0.1, 0.15) is 36.8 Å². The number of amidine groups is 1. The van der Waals surface area contributed by atoms with E-state index in [1.54, 1.807) is 0 Å². The van der Waals surface area contributed by atoms with Crippen molar-refractivity contribution in [3.63, 3.8) is 0 Å². The highest BCUT2D eigenvalue weighted by Crippen LogP contribution is 2.23. The fraction of sp³-hybridized carbons (Fsp3) is 0.591. The Morgan fingerprint density at radius 3 is 2.53 bits per heavy atom. The molecule has 1 atom stereocenters. The minimum atomic E-state index is -0.693. The van der Waals surface area contributed by atoms with Crippen molar-refractivity contribution >= 4 is 29.3 Å². The normalized spacial score (nSPS) is 23.1. The number of carbonyl (C=O) groups is 1. The highest BCUT2D eigenvalue weighted by molar-refractivity contribution is 7.99. The van der Waals surface area contributed by atoms with Gasteiger partial charge in [-0.2, -0.15) is 11.8 Å². The van der Waals surface area contributed by atoms with Crippen molar-refractivity contribution in [1.82, 2.24) is 9.80 Å². The Bertz CT molecular complexity index is 784. The van der Waals surface area contributed by atoms with Crippen LogP contribution < -0.4 is 0 Å². The van der Waals surface area contributed by atoms with Crippen LogP contribution in [-0.2, 0) is 9.63 Å². The molecule has 0 saturated carbocycles. The highest BCUT2D eigenvalue weighted by atomic mass is 32.2. The molecule has 3 aliphatic heterocycles. The number of likely N-dealkylation sites (tertiary alicyclic amines) is 1. The van der Waals surface area contributed by atoms with Gasteiger partial charge in [-0.3, -0.25) is 15.1 Å². The van der Waals surface area contributed by atoms with Gasteiger partial charge in [-0.25, -0.2) is 0 Å². The molecule has 7 nitrogen and oxygen atoms in total. The minimum Gasteiger partial charge on any atom is -0.481 e. The van der Waals surface area contributed by atoms with Crippen molar-refractivity contribution < 1.29 is 14.7 Å². The molecule has 3 aliphatic rings. The molecule has 1 unspecified atom stereocenters. The van der Waals surface area contributed by atoms with Crippen LogP contribution in [0.15, 0.2) is 29.4 Å². The van der Waals surface area contributed by atoms with E-state index >= 15 is 0 Å². The summed E-state index contributed by atoms with van der Waals surface area (Å²) in [4.78, 5) is 21.1. The van der Waals surface area contributed by atoms with Crippen LogP contribution in [0.5, 0.6) is 0 Å². The molecule has 0 amide bonds. The Labute approximate surface area is 181 Å². The number of rotatable bonds is 6. The van der Waals surface area contributed by atoms with E-state index in [0.717, 1.165) is 80.3 Å². The van der Waals surface area contributed by atoms with Crippen molar-refractivity contribution in [2.75, 3.05) is 44.2 Å². The van der Waals surface area contributed by atoms with E-state index in [4.69, 9.17) is 15.4 Å². The van der Waals surface area contributed by atoms with Crippen LogP contribution in [0.2, 0.25) is 0 Å². The summed E-state index contributed by atoms with van der Waals surface area (Å²) in [5.74, 6) is 2.40. The zero-order chi connectivity index (χ0) is 20.9. The Kier molecular flexibility index (Phi) is 6.94. The number of hydrogen-bond donors (Lipinski definition) is 2. The molecular weight excluding hydrogens is 400 g/mol. The summed E-state index contributed by atoms with van der Waals surface area (Å²) >= 11 is 1.95. The molecule has 0 aromatic heterocycles. The number of carboxylic acids is 1. The third-order valence-corrected chi connectivity index (χ3v) is 7.13. The van der Waals surface area contributed by atoms with Gasteiger partial charge in [0.25, 0.3) is 0 Å². The number of benzene rings is 1. The number of nitrogens with one attached hydrogen (secondary N) is 1. The topological polar surface area (TPSA) is 89.2 Å². The summed E-state index contributed by atoms with van der Waals surface area (Å²) in [6.45, 7) is 4.59. The van der Waals surface area contributed by atoms with Gasteiger partial charge in [-0.05, 0) is 37.4 Å². The van der Waals surface area contributed by atoms with E-state index in [2.05, 4.69) is 15.0 Å². The summed E-state index contributed by atoms with van der Waals surface area (Å²) < 4.78 is 0. The molecule has 1 aromatic rings. The summed E-state index contributed by atoms with van der Waals surface area (Å²) in [7, 11) is 0. The average Bonchev–Trinajstić information content (AvgIpc) is 3.23. The first kappa shape index (κ1) is 21.2. The molecule has 1 aromatic carbocycles. The quantitative estimate of drug-likeness (QED) is 0.533. The smallest absolute Gasteiger partial charge is 0.303 e. The van der Waals surface area contributed by atoms with Gasteiger partial charge in [0.1, 0.15) is 11.9 Å². The van der Waals surface area contributed by atoms with Crippen molar-refractivity contribution in [2.45, 2.75) is 31.8 Å². The van der Waals surface area contributed by atoms with Crippen LogP contribution >= 0.6 is 11.8 Å². The predicted octanol–water partition coefficient (Wildman–Crippen LogP) is 2.74. The van der Waals surface area contributed by atoms with Crippen LogP contribution in [0.25, 0.3) is 0 Å². The maximum atomic E-state index is 10.9. The molecule has 30 heavy (non-hydrogen) atoms. The SMILES string of the molecule is N=C(c1ccc(C2=NOC(CN3CCC(CC(=O)O)CC3)C2)cc1)N1CCSCC1. The van der Waals surface area contributed by atoms with E-state index < -0.39 is 5.97 Å². The summed E-state index contributed by atoms with van der Waals surface area (Å²) in [6, 6.07) is 8.13. The van der Waals surface area contributed by atoms with Crippen molar-refractivity contribution in [3.8, 4) is 0 Å². The van der Waals surface area contributed by atoms with Crippen LogP contribution in [0, 0.1) is 11.3 Å². The number of carboxylic acid groups (broad SMARTS) is 1. The van der Waals surface area contributed by atoms with E-state index in [1.807, 2.05) is 36.0 Å². The molecule has 8 heteroatoms. The molecule has 0 radical (unpaired) electrons. The number of nitrogens with zero attached hydrogens (tertiary/aromatic N) is 3. The molecule has 162 valence electrons. The molecule has 2 saturated heterocycles. The maximum absolute atomic E-state index is 10.9. The average molecular weight is 431 g/mol. The van der Waals surface area contributed by atoms with Gasteiger partial charge in [0, 0.05) is 49.5 Å². The Hall–Kier alpha value is -2.06. The Morgan fingerprint density at radius 1 is 1.17 bits per heavy atom. The van der Waals surface area contributed by atoms with Crippen molar-refractivity contribution in [1.29, 1.82) is 5.41 Å². The highest BCUT2D eigenvalue weighted by Gasteiger charge is 2.28. The lowest BCUT2D eigenvalue weighted by atomic mass is 9.93. The van der Waals surface area contributed by atoms with E-state index in [1.165, 1.54) is 0 Å². The van der Waals surface area contributed by atoms with Crippen LogP contribution in [0.3, 0.4) is 0 Å². The molecule has 0 aliphatic carbocycles. The van der Waals surface area contributed by atoms with E-state index in [0.29, 0.717) is 11.8 Å². The molecule has 3 heterocycles. The third kappa shape index (κ3) is 5.35. The first-order valence-corrected chi connectivity index (χ1v) is 11.9. The lowest BCUT2D eigenvalue weighted by Crippen LogP contribution is -2.39. The molecule has 4 rings (SSSR count). The fourth-order valence-corrected chi connectivity index (χ4v) is 5.30. The second-order valence-corrected chi connectivity index (χ2v) is 9.56. The summed E-state index contributed by atoms with van der Waals surface area (Å²) in [5.41, 5.74) is 2.97. The zero-order valence-corrected chi connectivity index (χ0v) is 18.1. The molecule has 2 fully saturated rings. The maximum Gasteiger partial charge on any atom is 0.303 e. The number of aliphatic carboxylic acids is 1. The molecule has 0 spiro atoms. The Morgan fingerprint density at radius 2 is 1.87 bits per heavy atom.